The number of nitrogens with one attached hydrogen (secondary N) is 2. The number of methoxy groups -OCH3 is 1. The first kappa shape index (κ1) is 19.9. The molecule has 1 atom stereocenters. The van der Waals surface area contributed by atoms with Crippen LogP contribution in [0.1, 0.15) is 18.1 Å². The number of ether oxygens (including phenoxy) is 1. The molecule has 0 spiro atoms. The molecule has 2 N–H and O–H groups in total. The predicted octanol–water partition coefficient (Wildman–Crippen LogP) is 2.03. The zero-order valence-corrected chi connectivity index (χ0v) is 16.0. The van der Waals surface area contributed by atoms with Crippen molar-refractivity contribution in [3.8, 4) is 5.75 Å². The van der Waals surface area contributed by atoms with Crippen molar-refractivity contribution in [3.05, 3.63) is 59.7 Å². The van der Waals surface area contributed by atoms with Crippen LogP contribution in [-0.4, -0.2) is 34.0 Å². The van der Waals surface area contributed by atoms with Crippen molar-refractivity contribution < 1.29 is 17.9 Å². The number of amides is 1. The Hall–Kier alpha value is -2.38. The highest BCUT2D eigenvalue weighted by Gasteiger charge is 2.21. The minimum Gasteiger partial charge on any atom is -0.497 e. The molecule has 26 heavy (non-hydrogen) atoms. The average Bonchev–Trinajstić information content (AvgIpc) is 2.62. The number of hydrogen-bond acceptors (Lipinski definition) is 4. The number of carbonyl (C=O) groups excluding carboxylic acids is 1. The lowest BCUT2D eigenvalue weighted by Gasteiger charge is -2.14. The Bertz CT molecular complexity index is 831. The van der Waals surface area contributed by atoms with E-state index in [0.29, 0.717) is 13.0 Å². The molecule has 7 heteroatoms. The fraction of sp³-hybridized carbons (Fsp3) is 0.316. The van der Waals surface area contributed by atoms with Crippen molar-refractivity contribution >= 4 is 15.9 Å². The molecule has 0 aliphatic rings. The van der Waals surface area contributed by atoms with Crippen LogP contribution >= 0.6 is 0 Å². The molecule has 140 valence electrons. The van der Waals surface area contributed by atoms with Gasteiger partial charge in [0.25, 0.3) is 0 Å². The summed E-state index contributed by atoms with van der Waals surface area (Å²) in [5.74, 6) is 0.408. The summed E-state index contributed by atoms with van der Waals surface area (Å²) in [6.45, 7) is 3.82. The maximum atomic E-state index is 12.3. The van der Waals surface area contributed by atoms with Crippen molar-refractivity contribution in [2.24, 2.45) is 0 Å². The van der Waals surface area contributed by atoms with Gasteiger partial charge in [-0.05, 0) is 50.1 Å². The van der Waals surface area contributed by atoms with E-state index < -0.39 is 16.1 Å². The van der Waals surface area contributed by atoms with E-state index in [1.54, 1.807) is 19.2 Å². The van der Waals surface area contributed by atoms with Crippen LogP contribution < -0.4 is 14.8 Å². The Kier molecular flexibility index (Phi) is 6.76. The van der Waals surface area contributed by atoms with Gasteiger partial charge in [-0.1, -0.05) is 29.8 Å². The number of benzene rings is 2. The number of hydrogen-bond donors (Lipinski definition) is 2. The van der Waals surface area contributed by atoms with Gasteiger partial charge in [-0.25, -0.2) is 8.42 Å². The van der Waals surface area contributed by atoms with E-state index in [1.165, 1.54) is 19.1 Å². The molecule has 0 aromatic heterocycles. The van der Waals surface area contributed by atoms with Crippen molar-refractivity contribution in [3.63, 3.8) is 0 Å². The lowest BCUT2D eigenvalue weighted by atomic mass is 10.1. The van der Waals surface area contributed by atoms with E-state index in [4.69, 9.17) is 4.74 Å². The number of rotatable bonds is 8. The quantitative estimate of drug-likeness (QED) is 0.738. The first-order valence-corrected chi connectivity index (χ1v) is 9.80. The van der Waals surface area contributed by atoms with E-state index in [-0.39, 0.29) is 10.8 Å². The van der Waals surface area contributed by atoms with Crippen LogP contribution in [0.3, 0.4) is 0 Å². The SMILES string of the molecule is COc1ccc(CCNC(=O)[C@H](C)NS(=O)(=O)c2ccc(C)cc2)cc1. The molecule has 0 radical (unpaired) electrons. The van der Waals surface area contributed by atoms with Gasteiger partial charge in [0.15, 0.2) is 0 Å². The van der Waals surface area contributed by atoms with Gasteiger partial charge >= 0.3 is 0 Å². The second kappa shape index (κ2) is 8.82. The maximum absolute atomic E-state index is 12.3. The smallest absolute Gasteiger partial charge is 0.241 e. The third kappa shape index (κ3) is 5.57. The summed E-state index contributed by atoms with van der Waals surface area (Å²) in [6, 6.07) is 13.2. The highest BCUT2D eigenvalue weighted by atomic mass is 32.2. The summed E-state index contributed by atoms with van der Waals surface area (Å²) in [4.78, 5) is 12.3. The lowest BCUT2D eigenvalue weighted by molar-refractivity contribution is -0.122. The molecule has 0 bridgehead atoms. The maximum Gasteiger partial charge on any atom is 0.241 e. The third-order valence-corrected chi connectivity index (χ3v) is 5.49. The first-order valence-electron chi connectivity index (χ1n) is 8.31. The van der Waals surface area contributed by atoms with Crippen molar-refractivity contribution in [2.45, 2.75) is 31.2 Å². The van der Waals surface area contributed by atoms with Crippen molar-refractivity contribution in [1.29, 1.82) is 0 Å². The topological polar surface area (TPSA) is 84.5 Å². The standard InChI is InChI=1S/C19H24N2O4S/c1-14-4-10-18(11-5-14)26(23,24)21-15(2)19(22)20-13-12-16-6-8-17(25-3)9-7-16/h4-11,15,21H,12-13H2,1-3H3,(H,20,22)/t15-/m0/s1. The molecule has 0 aliphatic carbocycles. The molecule has 0 unspecified atom stereocenters. The fourth-order valence-electron chi connectivity index (χ4n) is 2.35. The Balaban J connectivity index is 1.85. The van der Waals surface area contributed by atoms with E-state index in [2.05, 4.69) is 10.0 Å². The van der Waals surface area contributed by atoms with Gasteiger partial charge in [0.05, 0.1) is 18.0 Å². The van der Waals surface area contributed by atoms with Gasteiger partial charge in [-0.2, -0.15) is 4.72 Å². The zero-order chi connectivity index (χ0) is 19.2. The van der Waals surface area contributed by atoms with Crippen LogP contribution in [0.15, 0.2) is 53.4 Å². The number of aryl methyl sites for hydroxylation is 1. The minimum atomic E-state index is -3.73. The highest BCUT2D eigenvalue weighted by molar-refractivity contribution is 7.89. The summed E-state index contributed by atoms with van der Waals surface area (Å²) >= 11 is 0. The van der Waals surface area contributed by atoms with E-state index in [0.717, 1.165) is 16.9 Å². The highest BCUT2D eigenvalue weighted by Crippen LogP contribution is 2.12. The van der Waals surface area contributed by atoms with Gasteiger partial charge in [-0.3, -0.25) is 4.79 Å². The van der Waals surface area contributed by atoms with Gasteiger partial charge in [0, 0.05) is 6.54 Å². The van der Waals surface area contributed by atoms with Crippen LogP contribution in [0.25, 0.3) is 0 Å². The molecule has 1 amide bonds. The normalized spacial score (nSPS) is 12.4. The molecule has 0 saturated heterocycles. The fourth-order valence-corrected chi connectivity index (χ4v) is 3.55. The molecule has 0 aliphatic heterocycles. The molecule has 0 fully saturated rings. The summed E-state index contributed by atoms with van der Waals surface area (Å²) in [6.07, 6.45) is 0.646. The van der Waals surface area contributed by atoms with E-state index in [9.17, 15) is 13.2 Å². The summed E-state index contributed by atoms with van der Waals surface area (Å²) < 4.78 is 32.1. The second-order valence-electron chi connectivity index (χ2n) is 6.05. The van der Waals surface area contributed by atoms with Crippen LogP contribution in [0, 0.1) is 6.92 Å². The summed E-state index contributed by atoms with van der Waals surface area (Å²) in [7, 11) is -2.13. The van der Waals surface area contributed by atoms with Gasteiger partial charge in [0.1, 0.15) is 5.75 Å². The Morgan fingerprint density at radius 2 is 1.69 bits per heavy atom. The molecule has 6 nitrogen and oxygen atoms in total. The Morgan fingerprint density at radius 3 is 2.27 bits per heavy atom. The number of carbonyl (C=O) groups is 1. The molecule has 0 saturated carbocycles. The molecule has 2 aromatic carbocycles. The summed E-state index contributed by atoms with van der Waals surface area (Å²) in [5.41, 5.74) is 2.02. The predicted molar refractivity (Wildman–Crippen MR) is 101 cm³/mol. The molecule has 2 rings (SSSR count). The minimum absolute atomic E-state index is 0.140. The zero-order valence-electron chi connectivity index (χ0n) is 15.2. The molecular formula is C19H24N2O4S. The second-order valence-corrected chi connectivity index (χ2v) is 7.76. The largest absolute Gasteiger partial charge is 0.497 e. The first-order chi connectivity index (χ1) is 12.3. The lowest BCUT2D eigenvalue weighted by Crippen LogP contribution is -2.45. The van der Waals surface area contributed by atoms with Crippen molar-refractivity contribution in [2.75, 3.05) is 13.7 Å². The van der Waals surface area contributed by atoms with Crippen LogP contribution in [0.4, 0.5) is 0 Å². The van der Waals surface area contributed by atoms with Gasteiger partial charge < -0.3 is 10.1 Å². The van der Waals surface area contributed by atoms with E-state index in [1.807, 2.05) is 31.2 Å². The van der Waals surface area contributed by atoms with Gasteiger partial charge in [-0.15, -0.1) is 0 Å². The van der Waals surface area contributed by atoms with E-state index >= 15 is 0 Å². The van der Waals surface area contributed by atoms with Crippen molar-refractivity contribution in [1.82, 2.24) is 10.0 Å². The number of sulfonamides is 1. The van der Waals surface area contributed by atoms with Crippen LogP contribution in [-0.2, 0) is 21.2 Å². The monoisotopic (exact) mass is 376 g/mol. The molecular weight excluding hydrogens is 352 g/mol. The average molecular weight is 376 g/mol. The molecule has 0 heterocycles. The van der Waals surface area contributed by atoms with Crippen LogP contribution in [0.5, 0.6) is 5.75 Å². The molecule has 2 aromatic rings. The Morgan fingerprint density at radius 1 is 1.08 bits per heavy atom. The summed E-state index contributed by atoms with van der Waals surface area (Å²) in [5, 5.41) is 2.75. The van der Waals surface area contributed by atoms with Crippen LogP contribution in [0.2, 0.25) is 0 Å². The third-order valence-electron chi connectivity index (χ3n) is 3.93. The van der Waals surface area contributed by atoms with Gasteiger partial charge in [0.2, 0.25) is 15.9 Å². The Labute approximate surface area is 154 Å².